The average molecular weight is 271 g/mol. The highest BCUT2D eigenvalue weighted by atomic mass is 32.2. The minimum atomic E-state index is -2.97. The maximum atomic E-state index is 11.0. The topological polar surface area (TPSA) is 107 Å². The molecule has 0 bridgehead atoms. The number of hydrogen-bond donors (Lipinski definition) is 2. The summed E-state index contributed by atoms with van der Waals surface area (Å²) in [5.74, 6) is -0.910. The Morgan fingerprint density at radius 1 is 1.39 bits per heavy atom. The molecule has 1 aromatic carbocycles. The van der Waals surface area contributed by atoms with Crippen molar-refractivity contribution in [2.24, 2.45) is 5.73 Å². The highest BCUT2D eigenvalue weighted by Gasteiger charge is 2.36. The van der Waals surface area contributed by atoms with E-state index in [2.05, 4.69) is 0 Å². The smallest absolute Gasteiger partial charge is 0.325 e. The number of aliphatic carboxylic acids is 1. The lowest BCUT2D eigenvalue weighted by molar-refractivity contribution is -0.138. The fraction of sp³-hybridized carbons (Fsp3) is 0.364. The van der Waals surface area contributed by atoms with Crippen molar-refractivity contribution in [2.45, 2.75) is 12.1 Å². The van der Waals surface area contributed by atoms with Crippen LogP contribution in [0, 0.1) is 0 Å². The number of nitrogens with two attached hydrogens (primary N) is 1. The SMILES string of the molecule is NC(C(=O)O)c1ccccc1OC1CS(=O)(=O)C1. The van der Waals surface area contributed by atoms with Crippen LogP contribution in [-0.4, -0.2) is 37.1 Å². The van der Waals surface area contributed by atoms with Gasteiger partial charge < -0.3 is 15.6 Å². The third-order valence-electron chi connectivity index (χ3n) is 2.69. The minimum Gasteiger partial charge on any atom is -0.488 e. The maximum Gasteiger partial charge on any atom is 0.325 e. The van der Waals surface area contributed by atoms with E-state index in [4.69, 9.17) is 15.6 Å². The molecule has 0 aliphatic carbocycles. The molecule has 3 N–H and O–H groups in total. The zero-order valence-corrected chi connectivity index (χ0v) is 10.3. The Balaban J connectivity index is 2.16. The highest BCUT2D eigenvalue weighted by Crippen LogP contribution is 2.27. The van der Waals surface area contributed by atoms with Gasteiger partial charge in [-0.15, -0.1) is 0 Å². The third-order valence-corrected chi connectivity index (χ3v) is 4.45. The molecule has 1 atom stereocenters. The van der Waals surface area contributed by atoms with Gasteiger partial charge in [0.1, 0.15) is 17.9 Å². The summed E-state index contributed by atoms with van der Waals surface area (Å²) in [6.45, 7) is 0. The van der Waals surface area contributed by atoms with E-state index in [9.17, 15) is 13.2 Å². The molecule has 0 saturated carbocycles. The Morgan fingerprint density at radius 3 is 2.56 bits per heavy atom. The molecule has 1 saturated heterocycles. The lowest BCUT2D eigenvalue weighted by Crippen LogP contribution is -2.45. The number of para-hydroxylation sites is 1. The van der Waals surface area contributed by atoms with E-state index in [1.807, 2.05) is 0 Å². The summed E-state index contributed by atoms with van der Waals surface area (Å²) in [4.78, 5) is 10.8. The quantitative estimate of drug-likeness (QED) is 0.795. The highest BCUT2D eigenvalue weighted by molar-refractivity contribution is 7.92. The molecule has 0 spiro atoms. The molecule has 0 aromatic heterocycles. The van der Waals surface area contributed by atoms with Crippen LogP contribution in [0.25, 0.3) is 0 Å². The number of carbonyl (C=O) groups is 1. The Hall–Kier alpha value is -1.60. The van der Waals surface area contributed by atoms with Gasteiger partial charge in [-0.3, -0.25) is 4.79 Å². The molecule has 0 radical (unpaired) electrons. The second kappa shape index (κ2) is 4.58. The Morgan fingerprint density at radius 2 is 2.00 bits per heavy atom. The molecular formula is C11H13NO5S. The van der Waals surface area contributed by atoms with Crippen LogP contribution in [-0.2, 0) is 14.6 Å². The van der Waals surface area contributed by atoms with Crippen molar-refractivity contribution in [1.82, 2.24) is 0 Å². The van der Waals surface area contributed by atoms with Crippen molar-refractivity contribution < 1.29 is 23.1 Å². The van der Waals surface area contributed by atoms with E-state index >= 15 is 0 Å². The van der Waals surface area contributed by atoms with Gasteiger partial charge in [-0.1, -0.05) is 18.2 Å². The first-order valence-corrected chi connectivity index (χ1v) is 7.15. The maximum absolute atomic E-state index is 11.0. The molecule has 0 amide bonds. The van der Waals surface area contributed by atoms with Gasteiger partial charge in [0, 0.05) is 5.56 Å². The number of carboxylic acids is 1. The zero-order valence-electron chi connectivity index (χ0n) is 9.44. The number of ether oxygens (including phenoxy) is 1. The second-order valence-corrected chi connectivity index (χ2v) is 6.32. The van der Waals surface area contributed by atoms with Gasteiger partial charge in [0.2, 0.25) is 0 Å². The summed E-state index contributed by atoms with van der Waals surface area (Å²) >= 11 is 0. The van der Waals surface area contributed by atoms with Gasteiger partial charge >= 0.3 is 5.97 Å². The second-order valence-electron chi connectivity index (χ2n) is 4.17. The van der Waals surface area contributed by atoms with E-state index in [0.29, 0.717) is 11.3 Å². The van der Waals surface area contributed by atoms with Crippen molar-refractivity contribution in [1.29, 1.82) is 0 Å². The Labute approximate surface area is 104 Å². The van der Waals surface area contributed by atoms with Crippen molar-refractivity contribution in [3.63, 3.8) is 0 Å². The van der Waals surface area contributed by atoms with E-state index in [-0.39, 0.29) is 11.5 Å². The molecule has 1 fully saturated rings. The molecule has 1 unspecified atom stereocenters. The minimum absolute atomic E-state index is 0.0381. The molecule has 1 heterocycles. The molecular weight excluding hydrogens is 258 g/mol. The average Bonchev–Trinajstić information content (AvgIpc) is 2.26. The van der Waals surface area contributed by atoms with Crippen molar-refractivity contribution >= 4 is 15.8 Å². The lowest BCUT2D eigenvalue weighted by Gasteiger charge is -2.27. The van der Waals surface area contributed by atoms with E-state index < -0.39 is 28.0 Å². The summed E-state index contributed by atoms with van der Waals surface area (Å²) in [7, 11) is -2.97. The van der Waals surface area contributed by atoms with Gasteiger partial charge in [0.05, 0.1) is 11.5 Å². The number of benzene rings is 1. The van der Waals surface area contributed by atoms with Crippen molar-refractivity contribution in [2.75, 3.05) is 11.5 Å². The summed E-state index contributed by atoms with van der Waals surface area (Å²) in [5, 5.41) is 8.87. The molecule has 7 heteroatoms. The normalized spacial score (nSPS) is 19.8. The number of sulfone groups is 1. The summed E-state index contributed by atoms with van der Waals surface area (Å²) in [5.41, 5.74) is 5.87. The van der Waals surface area contributed by atoms with Crippen LogP contribution in [0.3, 0.4) is 0 Å². The molecule has 2 rings (SSSR count). The van der Waals surface area contributed by atoms with E-state index in [0.717, 1.165) is 0 Å². The largest absolute Gasteiger partial charge is 0.488 e. The van der Waals surface area contributed by atoms with Gasteiger partial charge in [-0.05, 0) is 6.07 Å². The van der Waals surface area contributed by atoms with Gasteiger partial charge in [-0.25, -0.2) is 8.42 Å². The number of carboxylic acid groups (broad SMARTS) is 1. The summed E-state index contributed by atoms with van der Waals surface area (Å²) < 4.78 is 27.5. The predicted molar refractivity (Wildman–Crippen MR) is 64.1 cm³/mol. The summed E-state index contributed by atoms with van der Waals surface area (Å²) in [6, 6.07) is 5.30. The monoisotopic (exact) mass is 271 g/mol. The molecule has 18 heavy (non-hydrogen) atoms. The van der Waals surface area contributed by atoms with Gasteiger partial charge in [0.25, 0.3) is 0 Å². The van der Waals surface area contributed by atoms with Gasteiger partial charge in [-0.2, -0.15) is 0 Å². The fourth-order valence-electron chi connectivity index (χ4n) is 1.74. The van der Waals surface area contributed by atoms with Crippen LogP contribution < -0.4 is 10.5 Å². The third kappa shape index (κ3) is 2.62. The first kappa shape index (κ1) is 12.8. The van der Waals surface area contributed by atoms with Gasteiger partial charge in [0.15, 0.2) is 9.84 Å². The van der Waals surface area contributed by atoms with Crippen LogP contribution in [0.5, 0.6) is 5.75 Å². The molecule has 6 nitrogen and oxygen atoms in total. The standard InChI is InChI=1S/C11H13NO5S/c12-10(11(13)14)8-3-1-2-4-9(8)17-7-5-18(15,16)6-7/h1-4,7,10H,5-6,12H2,(H,13,14). The molecule has 1 aliphatic rings. The van der Waals surface area contributed by atoms with E-state index in [1.54, 1.807) is 24.3 Å². The number of rotatable bonds is 4. The van der Waals surface area contributed by atoms with Crippen molar-refractivity contribution in [3.05, 3.63) is 29.8 Å². The van der Waals surface area contributed by atoms with Crippen LogP contribution in [0.4, 0.5) is 0 Å². The van der Waals surface area contributed by atoms with Crippen LogP contribution in [0.2, 0.25) is 0 Å². The van der Waals surface area contributed by atoms with Crippen molar-refractivity contribution in [3.8, 4) is 5.75 Å². The molecule has 1 aliphatic heterocycles. The fourth-order valence-corrected chi connectivity index (χ4v) is 2.91. The molecule has 1 aromatic rings. The first-order chi connectivity index (χ1) is 8.39. The molecule has 98 valence electrons. The van der Waals surface area contributed by atoms with Crippen LogP contribution in [0.1, 0.15) is 11.6 Å². The predicted octanol–water partition coefficient (Wildman–Crippen LogP) is -0.0532. The zero-order chi connectivity index (χ0) is 13.3. The summed E-state index contributed by atoms with van der Waals surface area (Å²) in [6.07, 6.45) is -0.419. The lowest BCUT2D eigenvalue weighted by atomic mass is 10.1. The van der Waals surface area contributed by atoms with Crippen LogP contribution in [0.15, 0.2) is 24.3 Å². The first-order valence-electron chi connectivity index (χ1n) is 5.33. The van der Waals surface area contributed by atoms with Crippen LogP contribution >= 0.6 is 0 Å². The van der Waals surface area contributed by atoms with E-state index in [1.165, 1.54) is 0 Å². The Bertz CT molecular complexity index is 557. The number of hydrogen-bond acceptors (Lipinski definition) is 5. The Kier molecular flexibility index (Phi) is 3.27.